The maximum Gasteiger partial charge on any atom is 0.281 e. The van der Waals surface area contributed by atoms with Crippen molar-refractivity contribution in [3.8, 4) is 0 Å². The largest absolute Gasteiger partial charge is 0.328 e. The highest BCUT2D eigenvalue weighted by Crippen LogP contribution is 2.69. The van der Waals surface area contributed by atoms with Crippen molar-refractivity contribution in [2.45, 2.75) is 91.1 Å². The van der Waals surface area contributed by atoms with Gasteiger partial charge in [0.25, 0.3) is 5.97 Å². The number of rotatable bonds is 2. The summed E-state index contributed by atoms with van der Waals surface area (Å²) in [5.74, 6) is 1.28. The van der Waals surface area contributed by atoms with Crippen LogP contribution in [-0.2, 0) is 23.8 Å². The summed E-state index contributed by atoms with van der Waals surface area (Å²) in [5, 5.41) is 0. The third kappa shape index (κ3) is 2.85. The Morgan fingerprint density at radius 1 is 1.10 bits per heavy atom. The van der Waals surface area contributed by atoms with Gasteiger partial charge in [0.05, 0.1) is 0 Å². The van der Waals surface area contributed by atoms with Crippen LogP contribution < -0.4 is 0 Å². The van der Waals surface area contributed by atoms with Crippen LogP contribution in [0.5, 0.6) is 0 Å². The second-order valence-electron chi connectivity index (χ2n) is 11.4. The first kappa shape index (κ1) is 21.8. The van der Waals surface area contributed by atoms with E-state index >= 15 is 0 Å². The molecule has 5 nitrogen and oxygen atoms in total. The first-order valence-electron chi connectivity index (χ1n) is 12.3. The highest BCUT2D eigenvalue weighted by molar-refractivity contribution is 5.92. The number of allylic oxidation sites excluding steroid dienone is 1. The lowest BCUT2D eigenvalue weighted by Gasteiger charge is -2.61. The predicted octanol–water partition coefficient (Wildman–Crippen LogP) is 4.83. The lowest BCUT2D eigenvalue weighted by Crippen LogP contribution is -2.65. The average molecular weight is 431 g/mol. The molecule has 1 heterocycles. The molecule has 1 aliphatic heterocycles. The standard InChI is InChI=1S/C26H38O5/c1-6-29-25(5)30-15-22(28)26(31-25)12-9-20-18-13-16(2)21-14-17(27)7-10-23(21,3)19(18)8-11-24(20,26)4/h14,16,18-20H,6-13,15H2,1-5H3/t16-,18+,19-,20-,23+,24-,25?,26-/m0/s1. The molecule has 0 bridgehead atoms. The minimum Gasteiger partial charge on any atom is -0.328 e. The number of carbonyl (C=O) groups is 2. The zero-order valence-corrected chi connectivity index (χ0v) is 19.8. The third-order valence-electron chi connectivity index (χ3n) is 10.1. The fourth-order valence-electron chi connectivity index (χ4n) is 8.66. The van der Waals surface area contributed by atoms with Gasteiger partial charge < -0.3 is 14.2 Å². The van der Waals surface area contributed by atoms with Crippen LogP contribution in [-0.4, -0.2) is 36.4 Å². The van der Waals surface area contributed by atoms with Crippen molar-refractivity contribution in [2.24, 2.45) is 34.5 Å². The van der Waals surface area contributed by atoms with E-state index in [1.165, 1.54) is 5.57 Å². The molecule has 0 N–H and O–H groups in total. The Balaban J connectivity index is 1.50. The number of fused-ring (bicyclic) bond motifs is 6. The molecule has 0 aromatic rings. The summed E-state index contributed by atoms with van der Waals surface area (Å²) in [7, 11) is 0. The Hall–Kier alpha value is -1.04. The summed E-state index contributed by atoms with van der Waals surface area (Å²) in [6.07, 6.45) is 8.60. The van der Waals surface area contributed by atoms with Crippen molar-refractivity contribution in [3.05, 3.63) is 11.6 Å². The molecular weight excluding hydrogens is 392 g/mol. The van der Waals surface area contributed by atoms with E-state index in [0.717, 1.165) is 38.5 Å². The van der Waals surface area contributed by atoms with Gasteiger partial charge in [-0.05, 0) is 80.6 Å². The zero-order valence-electron chi connectivity index (χ0n) is 19.8. The van der Waals surface area contributed by atoms with E-state index in [1.807, 2.05) is 19.9 Å². The normalized spacial score (nSPS) is 51.8. The molecule has 1 unspecified atom stereocenters. The van der Waals surface area contributed by atoms with Crippen LogP contribution in [0.25, 0.3) is 0 Å². The second-order valence-corrected chi connectivity index (χ2v) is 11.4. The topological polar surface area (TPSA) is 61.8 Å². The van der Waals surface area contributed by atoms with Gasteiger partial charge in [-0.1, -0.05) is 26.3 Å². The Morgan fingerprint density at radius 2 is 1.84 bits per heavy atom. The van der Waals surface area contributed by atoms with Crippen LogP contribution in [0.3, 0.4) is 0 Å². The monoisotopic (exact) mass is 430 g/mol. The number of carbonyl (C=O) groups excluding carboxylic acids is 2. The Morgan fingerprint density at radius 3 is 2.58 bits per heavy atom. The fraction of sp³-hybridized carbons (Fsp3) is 0.846. The van der Waals surface area contributed by atoms with Crippen LogP contribution in [0.2, 0.25) is 0 Å². The quantitative estimate of drug-likeness (QED) is 0.628. The van der Waals surface area contributed by atoms with Crippen LogP contribution in [0.15, 0.2) is 11.6 Å². The Bertz CT molecular complexity index is 834. The molecule has 0 aromatic carbocycles. The van der Waals surface area contributed by atoms with Gasteiger partial charge in [-0.3, -0.25) is 9.59 Å². The lowest BCUT2D eigenvalue weighted by molar-refractivity contribution is -0.420. The van der Waals surface area contributed by atoms with Crippen molar-refractivity contribution < 1.29 is 23.8 Å². The van der Waals surface area contributed by atoms with Gasteiger partial charge in [0, 0.05) is 25.4 Å². The number of hydrogen-bond acceptors (Lipinski definition) is 5. The number of ketones is 2. The lowest BCUT2D eigenvalue weighted by atomic mass is 9.44. The molecule has 0 amide bonds. The molecule has 31 heavy (non-hydrogen) atoms. The zero-order chi connectivity index (χ0) is 22.2. The Kier molecular flexibility index (Phi) is 4.90. The van der Waals surface area contributed by atoms with Crippen molar-refractivity contribution in [1.82, 2.24) is 0 Å². The molecule has 1 saturated heterocycles. The summed E-state index contributed by atoms with van der Waals surface area (Å²) < 4.78 is 18.1. The van der Waals surface area contributed by atoms with Gasteiger partial charge in [-0.15, -0.1) is 0 Å². The highest BCUT2D eigenvalue weighted by Gasteiger charge is 2.70. The van der Waals surface area contributed by atoms with Crippen LogP contribution in [0, 0.1) is 34.5 Å². The molecule has 3 saturated carbocycles. The number of hydrogen-bond donors (Lipinski definition) is 0. The second kappa shape index (κ2) is 6.98. The van der Waals surface area contributed by atoms with Gasteiger partial charge in [0.2, 0.25) is 0 Å². The third-order valence-corrected chi connectivity index (χ3v) is 10.1. The number of ether oxygens (including phenoxy) is 3. The van der Waals surface area contributed by atoms with Crippen molar-refractivity contribution in [3.63, 3.8) is 0 Å². The summed E-state index contributed by atoms with van der Waals surface area (Å²) in [5.41, 5.74) is 0.500. The summed E-state index contributed by atoms with van der Waals surface area (Å²) in [6, 6.07) is 0. The van der Waals surface area contributed by atoms with Crippen LogP contribution in [0.4, 0.5) is 0 Å². The SMILES string of the molecule is CCOC1(C)OCC(=O)[C@]2(CC[C@H]3[C@@H]4C[C@H](C)C5=CC(=O)CC[C@]5(C)[C@H]4CC[C@@]32C)O1. The summed E-state index contributed by atoms with van der Waals surface area (Å²) in [6.45, 7) is 11.3. The maximum atomic E-state index is 13.4. The first-order chi connectivity index (χ1) is 14.6. The molecule has 172 valence electrons. The average Bonchev–Trinajstić information content (AvgIpc) is 3.00. The maximum absolute atomic E-state index is 13.4. The van der Waals surface area contributed by atoms with Gasteiger partial charge >= 0.3 is 0 Å². The van der Waals surface area contributed by atoms with Crippen molar-refractivity contribution >= 4 is 11.6 Å². The van der Waals surface area contributed by atoms with E-state index in [2.05, 4.69) is 20.8 Å². The molecule has 5 aliphatic rings. The van der Waals surface area contributed by atoms with E-state index in [1.54, 1.807) is 0 Å². The van der Waals surface area contributed by atoms with Crippen LogP contribution in [0.1, 0.15) is 79.6 Å². The van der Waals surface area contributed by atoms with E-state index < -0.39 is 11.6 Å². The smallest absolute Gasteiger partial charge is 0.281 e. The molecule has 0 aromatic heterocycles. The first-order valence-corrected chi connectivity index (χ1v) is 12.3. The minimum atomic E-state index is -1.15. The van der Waals surface area contributed by atoms with Gasteiger partial charge in [0.1, 0.15) is 12.2 Å². The molecule has 8 atom stereocenters. The summed E-state index contributed by atoms with van der Waals surface area (Å²) in [4.78, 5) is 25.6. The number of Topliss-reactive ketones (excluding diaryl/α,β-unsaturated/α-hetero) is 1. The molecule has 4 aliphatic carbocycles. The van der Waals surface area contributed by atoms with Gasteiger partial charge in [0.15, 0.2) is 11.6 Å². The molecule has 1 spiro atoms. The van der Waals surface area contributed by atoms with Gasteiger partial charge in [-0.25, -0.2) is 0 Å². The molecule has 5 heteroatoms. The van der Waals surface area contributed by atoms with Crippen molar-refractivity contribution in [2.75, 3.05) is 13.2 Å². The fourth-order valence-corrected chi connectivity index (χ4v) is 8.66. The molecule has 0 radical (unpaired) electrons. The molecular formula is C26H38O5. The van der Waals surface area contributed by atoms with Crippen LogP contribution >= 0.6 is 0 Å². The van der Waals surface area contributed by atoms with E-state index in [4.69, 9.17) is 14.2 Å². The Labute approximate surface area is 186 Å². The van der Waals surface area contributed by atoms with E-state index in [-0.39, 0.29) is 23.2 Å². The highest BCUT2D eigenvalue weighted by atomic mass is 16.9. The van der Waals surface area contributed by atoms with E-state index in [0.29, 0.717) is 42.5 Å². The molecule has 5 rings (SSSR count). The van der Waals surface area contributed by atoms with Gasteiger partial charge in [-0.2, -0.15) is 0 Å². The minimum absolute atomic E-state index is 0.0655. The van der Waals surface area contributed by atoms with E-state index in [9.17, 15) is 9.59 Å². The predicted molar refractivity (Wildman–Crippen MR) is 116 cm³/mol. The molecule has 4 fully saturated rings. The van der Waals surface area contributed by atoms with Crippen molar-refractivity contribution in [1.29, 1.82) is 0 Å². The summed E-state index contributed by atoms with van der Waals surface area (Å²) >= 11 is 0.